The number of thiophene rings is 2. The minimum Gasteiger partial charge on any atom is -0.395 e. The molecule has 0 saturated heterocycles. The Kier molecular flexibility index (Phi) is 5.16. The van der Waals surface area contributed by atoms with E-state index in [4.69, 9.17) is 5.11 Å². The molecular weight excluding hydrogens is 278 g/mol. The first-order chi connectivity index (χ1) is 9.29. The number of aliphatic hydroxyl groups excluding tert-OH is 1. The van der Waals surface area contributed by atoms with Crippen LogP contribution in [0, 0.1) is 11.8 Å². The van der Waals surface area contributed by atoms with Crippen molar-refractivity contribution in [1.29, 1.82) is 0 Å². The van der Waals surface area contributed by atoms with E-state index in [9.17, 15) is 4.79 Å². The highest BCUT2D eigenvalue weighted by Crippen LogP contribution is 2.15. The van der Waals surface area contributed by atoms with Crippen molar-refractivity contribution in [2.24, 2.45) is 0 Å². The van der Waals surface area contributed by atoms with Gasteiger partial charge in [0.2, 0.25) is 0 Å². The first kappa shape index (κ1) is 13.8. The first-order valence-electron chi connectivity index (χ1n) is 5.78. The van der Waals surface area contributed by atoms with Crippen LogP contribution in [0.3, 0.4) is 0 Å². The predicted molar refractivity (Wildman–Crippen MR) is 78.4 cm³/mol. The van der Waals surface area contributed by atoms with Crippen LogP contribution < -0.4 is 5.32 Å². The van der Waals surface area contributed by atoms with Crippen LogP contribution in [0.2, 0.25) is 0 Å². The summed E-state index contributed by atoms with van der Waals surface area (Å²) in [4.78, 5) is 13.4. The Hall–Kier alpha value is -1.61. The molecule has 0 aromatic carbocycles. The Morgan fingerprint density at radius 3 is 3.00 bits per heavy atom. The number of nitrogens with one attached hydrogen (secondary N) is 1. The maximum atomic E-state index is 11.9. The lowest BCUT2D eigenvalue weighted by Crippen LogP contribution is -2.21. The smallest absolute Gasteiger partial charge is 0.261 e. The molecule has 0 aliphatic heterocycles. The molecule has 0 fully saturated rings. The Labute approximate surface area is 119 Å². The van der Waals surface area contributed by atoms with Gasteiger partial charge in [-0.3, -0.25) is 4.79 Å². The molecule has 19 heavy (non-hydrogen) atoms. The molecule has 0 saturated carbocycles. The average Bonchev–Trinajstić information content (AvgIpc) is 3.07. The molecule has 1 amide bonds. The zero-order valence-corrected chi connectivity index (χ0v) is 11.8. The van der Waals surface area contributed by atoms with Crippen LogP contribution in [-0.4, -0.2) is 17.6 Å². The molecule has 2 heterocycles. The Morgan fingerprint density at radius 2 is 2.26 bits per heavy atom. The molecule has 98 valence electrons. The van der Waals surface area contributed by atoms with Crippen LogP contribution in [0.25, 0.3) is 0 Å². The van der Waals surface area contributed by atoms with E-state index >= 15 is 0 Å². The second-order valence-electron chi connectivity index (χ2n) is 3.75. The number of hydrogen-bond donors (Lipinski definition) is 2. The van der Waals surface area contributed by atoms with Crippen LogP contribution in [0.1, 0.15) is 26.5 Å². The van der Waals surface area contributed by atoms with E-state index in [2.05, 4.69) is 17.2 Å². The van der Waals surface area contributed by atoms with E-state index in [0.29, 0.717) is 17.8 Å². The number of aliphatic hydroxyl groups is 1. The van der Waals surface area contributed by atoms with Crippen molar-refractivity contribution in [2.45, 2.75) is 13.0 Å². The molecule has 0 bridgehead atoms. The number of carbonyl (C=O) groups is 1. The van der Waals surface area contributed by atoms with Crippen molar-refractivity contribution in [2.75, 3.05) is 6.61 Å². The maximum Gasteiger partial charge on any atom is 0.261 e. The van der Waals surface area contributed by atoms with E-state index < -0.39 is 0 Å². The molecule has 0 aliphatic rings. The number of amides is 1. The highest BCUT2D eigenvalue weighted by molar-refractivity contribution is 7.14. The Bertz CT molecular complexity index is 590. The van der Waals surface area contributed by atoms with Gasteiger partial charge in [0, 0.05) is 13.0 Å². The van der Waals surface area contributed by atoms with Gasteiger partial charge >= 0.3 is 0 Å². The standard InChI is InChI=1S/C14H13NO2S2/c16-7-2-1-3-12-4-5-13(19-12)14(17)15-9-11-6-8-18-10-11/h4-6,8,10,16H,2,7,9H2,(H,15,17). The summed E-state index contributed by atoms with van der Waals surface area (Å²) in [6, 6.07) is 5.59. The van der Waals surface area contributed by atoms with Gasteiger partial charge in [0.05, 0.1) is 16.4 Å². The minimum atomic E-state index is -0.0774. The molecule has 0 aliphatic carbocycles. The maximum absolute atomic E-state index is 11.9. The van der Waals surface area contributed by atoms with Gasteiger partial charge in [-0.1, -0.05) is 11.8 Å². The summed E-state index contributed by atoms with van der Waals surface area (Å²) in [5.74, 6) is 5.68. The largest absolute Gasteiger partial charge is 0.395 e. The van der Waals surface area contributed by atoms with Gasteiger partial charge in [0.15, 0.2) is 0 Å². The molecule has 2 aromatic rings. The average molecular weight is 291 g/mol. The predicted octanol–water partition coefficient (Wildman–Crippen LogP) is 2.47. The minimum absolute atomic E-state index is 0.0619. The molecule has 2 aromatic heterocycles. The number of rotatable bonds is 4. The van der Waals surface area contributed by atoms with E-state index in [-0.39, 0.29) is 12.5 Å². The summed E-state index contributed by atoms with van der Waals surface area (Å²) in [5.41, 5.74) is 1.11. The van der Waals surface area contributed by atoms with Crippen LogP contribution in [-0.2, 0) is 6.54 Å². The van der Waals surface area contributed by atoms with Crippen molar-refractivity contribution in [3.8, 4) is 11.8 Å². The third-order valence-electron chi connectivity index (χ3n) is 2.31. The topological polar surface area (TPSA) is 49.3 Å². The zero-order chi connectivity index (χ0) is 13.5. The van der Waals surface area contributed by atoms with Crippen molar-refractivity contribution in [3.63, 3.8) is 0 Å². The quantitative estimate of drug-likeness (QED) is 0.850. The zero-order valence-electron chi connectivity index (χ0n) is 10.2. The van der Waals surface area contributed by atoms with E-state index in [1.807, 2.05) is 22.9 Å². The van der Waals surface area contributed by atoms with Gasteiger partial charge in [-0.2, -0.15) is 11.3 Å². The lowest BCUT2D eigenvalue weighted by Gasteiger charge is -2.00. The van der Waals surface area contributed by atoms with Crippen molar-refractivity contribution >= 4 is 28.6 Å². The van der Waals surface area contributed by atoms with Crippen LogP contribution in [0.15, 0.2) is 29.0 Å². The summed E-state index contributed by atoms with van der Waals surface area (Å²) < 4.78 is 0. The number of carbonyl (C=O) groups excluding carboxylic acids is 1. The molecule has 5 heteroatoms. The van der Waals surface area contributed by atoms with Crippen molar-refractivity contribution in [1.82, 2.24) is 5.32 Å². The van der Waals surface area contributed by atoms with Gasteiger partial charge in [-0.25, -0.2) is 0 Å². The second-order valence-corrected chi connectivity index (χ2v) is 5.62. The second kappa shape index (κ2) is 7.10. The highest BCUT2D eigenvalue weighted by atomic mass is 32.1. The summed E-state index contributed by atoms with van der Waals surface area (Å²) in [6.45, 7) is 0.609. The van der Waals surface area contributed by atoms with Crippen LogP contribution in [0.4, 0.5) is 0 Å². The molecule has 0 radical (unpaired) electrons. The first-order valence-corrected chi connectivity index (χ1v) is 7.54. The lowest BCUT2D eigenvalue weighted by atomic mass is 10.3. The monoisotopic (exact) mass is 291 g/mol. The molecule has 0 unspecified atom stereocenters. The van der Waals surface area contributed by atoms with Crippen LogP contribution >= 0.6 is 22.7 Å². The molecular formula is C14H13NO2S2. The summed E-state index contributed by atoms with van der Waals surface area (Å²) in [6.07, 6.45) is 0.456. The van der Waals surface area contributed by atoms with Gasteiger partial charge in [0.25, 0.3) is 5.91 Å². The third-order valence-corrected chi connectivity index (χ3v) is 4.04. The highest BCUT2D eigenvalue weighted by Gasteiger charge is 2.08. The Morgan fingerprint density at radius 1 is 1.37 bits per heavy atom. The SMILES string of the molecule is O=C(NCc1ccsc1)c1ccc(C#CCCO)s1. The van der Waals surface area contributed by atoms with Crippen molar-refractivity contribution < 1.29 is 9.90 Å². The summed E-state index contributed by atoms with van der Waals surface area (Å²) in [7, 11) is 0. The molecule has 0 spiro atoms. The lowest BCUT2D eigenvalue weighted by molar-refractivity contribution is 0.0955. The molecule has 2 N–H and O–H groups in total. The molecule has 2 rings (SSSR count). The fourth-order valence-electron chi connectivity index (χ4n) is 1.40. The van der Waals surface area contributed by atoms with Gasteiger partial charge < -0.3 is 10.4 Å². The van der Waals surface area contributed by atoms with E-state index in [0.717, 1.165) is 10.4 Å². The fraction of sp³-hybridized carbons (Fsp3) is 0.214. The van der Waals surface area contributed by atoms with Gasteiger partial charge in [-0.05, 0) is 34.5 Å². The van der Waals surface area contributed by atoms with Crippen LogP contribution in [0.5, 0.6) is 0 Å². The van der Waals surface area contributed by atoms with E-state index in [1.54, 1.807) is 17.4 Å². The Balaban J connectivity index is 1.91. The van der Waals surface area contributed by atoms with E-state index in [1.165, 1.54) is 11.3 Å². The molecule has 3 nitrogen and oxygen atoms in total. The summed E-state index contributed by atoms with van der Waals surface area (Å²) >= 11 is 2.98. The fourth-order valence-corrected chi connectivity index (χ4v) is 2.86. The number of hydrogen-bond acceptors (Lipinski definition) is 4. The normalized spacial score (nSPS) is 9.74. The molecule has 0 atom stereocenters. The van der Waals surface area contributed by atoms with Gasteiger partial charge in [-0.15, -0.1) is 11.3 Å². The third kappa shape index (κ3) is 4.21. The van der Waals surface area contributed by atoms with Gasteiger partial charge in [0.1, 0.15) is 0 Å². The summed E-state index contributed by atoms with van der Waals surface area (Å²) in [5, 5.41) is 15.5. The van der Waals surface area contributed by atoms with Crippen molar-refractivity contribution in [3.05, 3.63) is 44.3 Å².